The molecule has 0 aromatic heterocycles. The van der Waals surface area contributed by atoms with Crippen molar-refractivity contribution in [1.29, 1.82) is 0 Å². The van der Waals surface area contributed by atoms with Crippen LogP contribution in [0.1, 0.15) is 12.5 Å². The van der Waals surface area contributed by atoms with E-state index in [1.807, 2.05) is 0 Å². The number of hydrogen-bond acceptors (Lipinski definition) is 3. The van der Waals surface area contributed by atoms with Crippen LogP contribution < -0.4 is 0 Å². The van der Waals surface area contributed by atoms with E-state index in [2.05, 4.69) is 4.74 Å². The Hall–Kier alpha value is -1.36. The molecule has 0 saturated carbocycles. The van der Waals surface area contributed by atoms with Crippen LogP contribution >= 0.6 is 11.8 Å². The first-order chi connectivity index (χ1) is 8.50. The van der Waals surface area contributed by atoms with Crippen molar-refractivity contribution in [2.75, 3.05) is 12.9 Å². The highest BCUT2D eigenvalue weighted by Gasteiger charge is 2.28. The van der Waals surface area contributed by atoms with Gasteiger partial charge in [-0.3, -0.25) is 0 Å². The maximum absolute atomic E-state index is 13.5. The Morgan fingerprint density at radius 2 is 2.00 bits per heavy atom. The lowest BCUT2D eigenvalue weighted by molar-refractivity contribution is -0.133. The van der Waals surface area contributed by atoms with Gasteiger partial charge in [0.15, 0.2) is 0 Å². The Bertz CT molecular complexity index is 430. The highest BCUT2D eigenvalue weighted by molar-refractivity contribution is 8.00. The van der Waals surface area contributed by atoms with Gasteiger partial charge in [-0.2, -0.15) is 8.78 Å². The van der Waals surface area contributed by atoms with Gasteiger partial charge in [-0.1, -0.05) is 49.0 Å². The zero-order valence-corrected chi connectivity index (χ0v) is 11.0. The van der Waals surface area contributed by atoms with Gasteiger partial charge in [-0.25, -0.2) is 4.79 Å². The van der Waals surface area contributed by atoms with Crippen LogP contribution in [0, 0.1) is 0 Å². The zero-order valence-electron chi connectivity index (χ0n) is 10.2. The van der Waals surface area contributed by atoms with Gasteiger partial charge in [0.2, 0.25) is 0 Å². The summed E-state index contributed by atoms with van der Waals surface area (Å²) in [4.78, 5) is 11.6. The summed E-state index contributed by atoms with van der Waals surface area (Å²) < 4.78 is 31.6. The van der Waals surface area contributed by atoms with Crippen LogP contribution in [0.4, 0.5) is 8.78 Å². The molecule has 0 atom stereocenters. The predicted molar refractivity (Wildman–Crippen MR) is 69.5 cm³/mol. The van der Waals surface area contributed by atoms with Gasteiger partial charge in [0.25, 0.3) is 0 Å². The van der Waals surface area contributed by atoms with Gasteiger partial charge in [-0.05, 0) is 11.3 Å². The van der Waals surface area contributed by atoms with Crippen molar-refractivity contribution in [2.24, 2.45) is 0 Å². The van der Waals surface area contributed by atoms with Crippen LogP contribution in [0.15, 0.2) is 36.4 Å². The van der Waals surface area contributed by atoms with Crippen LogP contribution in [0.3, 0.4) is 0 Å². The topological polar surface area (TPSA) is 26.3 Å². The van der Waals surface area contributed by atoms with E-state index in [-0.39, 0.29) is 11.3 Å². The molecule has 0 amide bonds. The van der Waals surface area contributed by atoms with Crippen molar-refractivity contribution in [2.45, 2.75) is 12.2 Å². The largest absolute Gasteiger partial charge is 0.465 e. The minimum absolute atomic E-state index is 0.121. The van der Waals surface area contributed by atoms with E-state index >= 15 is 0 Å². The molecule has 0 radical (unpaired) electrons. The highest BCUT2D eigenvalue weighted by atomic mass is 32.2. The van der Waals surface area contributed by atoms with Crippen molar-refractivity contribution in [3.8, 4) is 0 Å². The van der Waals surface area contributed by atoms with Crippen LogP contribution in [-0.4, -0.2) is 24.1 Å². The number of carbonyl (C=O) groups excluding carboxylic acids is 1. The summed E-state index contributed by atoms with van der Waals surface area (Å²) in [5, 5.41) is -3.09. The minimum atomic E-state index is -3.09. The Labute approximate surface area is 109 Å². The molecule has 0 spiro atoms. The second-order valence-corrected chi connectivity index (χ2v) is 4.82. The van der Waals surface area contributed by atoms with E-state index in [1.165, 1.54) is 7.11 Å². The standard InChI is InChI=1S/C13H14F2O2S/c1-3-18-13(14,15)9-11(12(16)17-2)10-7-5-4-6-8-10/h4-9H,3H2,1-2H3/b11-9-. The fourth-order valence-corrected chi connectivity index (χ4v) is 1.98. The molecular formula is C13H14F2O2S. The molecule has 98 valence electrons. The normalized spacial score (nSPS) is 12.3. The number of hydrogen-bond donors (Lipinski definition) is 0. The van der Waals surface area contributed by atoms with E-state index in [1.54, 1.807) is 37.3 Å². The molecule has 0 N–H and O–H groups in total. The summed E-state index contributed by atoms with van der Waals surface area (Å²) in [5.74, 6) is -0.509. The minimum Gasteiger partial charge on any atom is -0.465 e. The number of methoxy groups -OCH3 is 1. The maximum atomic E-state index is 13.5. The summed E-state index contributed by atoms with van der Waals surface area (Å²) in [6, 6.07) is 8.29. The number of ether oxygens (including phenoxy) is 1. The Kier molecular flexibility index (Phi) is 5.34. The lowest BCUT2D eigenvalue weighted by atomic mass is 10.1. The monoisotopic (exact) mass is 272 g/mol. The smallest absolute Gasteiger partial charge is 0.338 e. The Morgan fingerprint density at radius 3 is 2.50 bits per heavy atom. The second-order valence-electron chi connectivity index (χ2n) is 3.41. The Morgan fingerprint density at radius 1 is 1.39 bits per heavy atom. The van der Waals surface area contributed by atoms with Crippen LogP contribution in [-0.2, 0) is 9.53 Å². The second kappa shape index (κ2) is 6.54. The summed E-state index contributed by atoms with van der Waals surface area (Å²) in [7, 11) is 1.17. The maximum Gasteiger partial charge on any atom is 0.338 e. The van der Waals surface area contributed by atoms with E-state index < -0.39 is 11.2 Å². The lowest BCUT2D eigenvalue weighted by Gasteiger charge is -2.13. The van der Waals surface area contributed by atoms with Crippen molar-refractivity contribution in [1.82, 2.24) is 0 Å². The van der Waals surface area contributed by atoms with Crippen LogP contribution in [0.5, 0.6) is 0 Å². The quantitative estimate of drug-likeness (QED) is 0.605. The molecule has 0 fully saturated rings. The average molecular weight is 272 g/mol. The fraction of sp³-hybridized carbons (Fsp3) is 0.308. The first-order valence-corrected chi connectivity index (χ1v) is 6.37. The SMILES string of the molecule is CCSC(F)(F)/C=C(\C(=O)OC)c1ccccc1. The summed E-state index contributed by atoms with van der Waals surface area (Å²) in [6.45, 7) is 1.63. The molecule has 0 heterocycles. The number of carbonyl (C=O) groups is 1. The average Bonchev–Trinajstić information content (AvgIpc) is 2.36. The first kappa shape index (κ1) is 14.7. The lowest BCUT2D eigenvalue weighted by Crippen LogP contribution is -2.12. The van der Waals surface area contributed by atoms with Crippen LogP contribution in [0.25, 0.3) is 5.57 Å². The van der Waals surface area contributed by atoms with Gasteiger partial charge >= 0.3 is 11.2 Å². The third-order valence-electron chi connectivity index (χ3n) is 2.14. The van der Waals surface area contributed by atoms with Gasteiger partial charge in [0, 0.05) is 6.08 Å². The summed E-state index contributed by atoms with van der Waals surface area (Å²) in [6.07, 6.45) is 0.655. The molecule has 0 aliphatic heterocycles. The first-order valence-electron chi connectivity index (χ1n) is 5.38. The third kappa shape index (κ3) is 4.14. The highest BCUT2D eigenvalue weighted by Crippen LogP contribution is 2.33. The summed E-state index contributed by atoms with van der Waals surface area (Å²) >= 11 is 0.467. The molecule has 0 aliphatic carbocycles. The van der Waals surface area contributed by atoms with Crippen LogP contribution in [0.2, 0.25) is 0 Å². The molecule has 5 heteroatoms. The van der Waals surface area contributed by atoms with Gasteiger partial charge < -0.3 is 4.74 Å². The molecule has 0 bridgehead atoms. The van der Waals surface area contributed by atoms with E-state index in [0.29, 0.717) is 23.4 Å². The third-order valence-corrected chi connectivity index (χ3v) is 2.93. The number of alkyl halides is 2. The number of rotatable bonds is 5. The van der Waals surface area contributed by atoms with Crippen molar-refractivity contribution < 1.29 is 18.3 Å². The molecule has 1 aromatic carbocycles. The van der Waals surface area contributed by atoms with Crippen molar-refractivity contribution in [3.63, 3.8) is 0 Å². The van der Waals surface area contributed by atoms with Gasteiger partial charge in [0.05, 0.1) is 12.7 Å². The van der Waals surface area contributed by atoms with Crippen molar-refractivity contribution >= 4 is 23.3 Å². The molecule has 0 saturated heterocycles. The molecular weight excluding hydrogens is 258 g/mol. The summed E-state index contributed by atoms with van der Waals surface area (Å²) in [5.41, 5.74) is 0.296. The molecule has 1 rings (SSSR count). The molecule has 18 heavy (non-hydrogen) atoms. The fourth-order valence-electron chi connectivity index (χ4n) is 1.39. The molecule has 1 aromatic rings. The number of thioether (sulfide) groups is 1. The Balaban J connectivity index is 3.15. The zero-order chi connectivity index (χ0) is 13.6. The molecule has 0 aliphatic rings. The molecule has 0 unspecified atom stereocenters. The van der Waals surface area contributed by atoms with Gasteiger partial charge in [0.1, 0.15) is 0 Å². The number of benzene rings is 1. The van der Waals surface area contributed by atoms with E-state index in [4.69, 9.17) is 0 Å². The molecule has 2 nitrogen and oxygen atoms in total. The van der Waals surface area contributed by atoms with Crippen molar-refractivity contribution in [3.05, 3.63) is 42.0 Å². The predicted octanol–water partition coefficient (Wildman–Crippen LogP) is 3.59. The number of halogens is 2. The number of esters is 1. The van der Waals surface area contributed by atoms with Gasteiger partial charge in [-0.15, -0.1) is 0 Å². The van der Waals surface area contributed by atoms with E-state index in [9.17, 15) is 13.6 Å². The van der Waals surface area contributed by atoms with E-state index in [0.717, 1.165) is 0 Å².